The number of phenols is 1. The minimum Gasteiger partial charge on any atom is -0.507 e. The molecule has 0 spiro atoms. The fraction of sp³-hybridized carbons (Fsp3) is 0.538. The molecule has 4 rings (SSSR count). The summed E-state index contributed by atoms with van der Waals surface area (Å²) in [6.07, 6.45) is -1.44. The topological polar surface area (TPSA) is 181 Å². The Balaban J connectivity index is 2.03. The zero-order valence-electron chi connectivity index (χ0n) is 21.1. The third-order valence-electron chi connectivity index (χ3n) is 8.05. The number of primary amides is 1. The number of fused-ring (bicyclic) bond motifs is 3. The van der Waals surface area contributed by atoms with Crippen molar-refractivity contribution >= 4 is 35.0 Å². The third-order valence-corrected chi connectivity index (χ3v) is 8.05. The number of amides is 1. The number of phenolic OH excluding ortho intramolecular Hbond substituents is 1. The Labute approximate surface area is 212 Å². The lowest BCUT2D eigenvalue weighted by Gasteiger charge is -2.56. The van der Waals surface area contributed by atoms with Gasteiger partial charge in [-0.15, -0.1) is 0 Å². The Bertz CT molecular complexity index is 1240. The molecule has 1 amide bonds. The Hall–Kier alpha value is -3.44. The van der Waals surface area contributed by atoms with Crippen LogP contribution in [0.4, 0.5) is 0 Å². The minimum atomic E-state index is -3.02. The van der Waals surface area contributed by atoms with Crippen LogP contribution in [-0.2, 0) is 28.7 Å². The van der Waals surface area contributed by atoms with Crippen LogP contribution in [0.2, 0.25) is 0 Å². The maximum Gasteiger partial charge on any atom is 0.308 e. The third kappa shape index (κ3) is 3.55. The average molecular weight is 515 g/mol. The van der Waals surface area contributed by atoms with Gasteiger partial charge in [0.25, 0.3) is 0 Å². The van der Waals surface area contributed by atoms with E-state index in [0.717, 1.165) is 0 Å². The Morgan fingerprint density at radius 3 is 2.27 bits per heavy atom. The van der Waals surface area contributed by atoms with Gasteiger partial charge < -0.3 is 20.7 Å². The molecule has 11 heteroatoms. The minimum absolute atomic E-state index is 0.129. The van der Waals surface area contributed by atoms with Gasteiger partial charge in [-0.1, -0.05) is 32.9 Å². The first-order valence-electron chi connectivity index (χ1n) is 12.0. The van der Waals surface area contributed by atoms with E-state index in [1.807, 2.05) is 0 Å². The molecule has 0 radical (unpaired) electrons. The highest BCUT2D eigenvalue weighted by molar-refractivity contribution is 6.32. The van der Waals surface area contributed by atoms with E-state index in [0.29, 0.717) is 5.56 Å². The van der Waals surface area contributed by atoms with E-state index in [1.165, 1.54) is 31.1 Å². The molecule has 1 aromatic rings. The summed E-state index contributed by atoms with van der Waals surface area (Å²) in [7, 11) is 2.91. The predicted molar refractivity (Wildman–Crippen MR) is 126 cm³/mol. The Morgan fingerprint density at radius 2 is 1.73 bits per heavy atom. The highest BCUT2D eigenvalue weighted by atomic mass is 16.5. The van der Waals surface area contributed by atoms with Crippen molar-refractivity contribution in [3.8, 4) is 5.75 Å². The normalized spacial score (nSPS) is 35.2. The summed E-state index contributed by atoms with van der Waals surface area (Å²) in [5, 5.41) is 22.3. The summed E-state index contributed by atoms with van der Waals surface area (Å²) in [6.45, 7) is 4.80. The van der Waals surface area contributed by atoms with Crippen LogP contribution in [0.15, 0.2) is 18.2 Å². The molecular formula is C26H30N2O9. The summed E-state index contributed by atoms with van der Waals surface area (Å²) >= 11 is 0. The van der Waals surface area contributed by atoms with Crippen LogP contribution in [0, 0.1) is 29.6 Å². The molecule has 0 aliphatic heterocycles. The van der Waals surface area contributed by atoms with Crippen LogP contribution in [0.3, 0.4) is 0 Å². The van der Waals surface area contributed by atoms with Crippen LogP contribution >= 0.6 is 0 Å². The second-order valence-electron chi connectivity index (χ2n) is 10.7. The number of ketones is 4. The molecule has 0 saturated heterocycles. The molecule has 8 atom stereocenters. The van der Waals surface area contributed by atoms with Crippen molar-refractivity contribution < 1.29 is 43.7 Å². The quantitative estimate of drug-likeness (QED) is 0.353. The number of hydrogen-bond donors (Lipinski definition) is 3. The van der Waals surface area contributed by atoms with Crippen LogP contribution in [-0.4, -0.2) is 82.0 Å². The van der Waals surface area contributed by atoms with Gasteiger partial charge in [0.2, 0.25) is 5.91 Å². The van der Waals surface area contributed by atoms with E-state index in [4.69, 9.17) is 10.5 Å². The van der Waals surface area contributed by atoms with Crippen molar-refractivity contribution in [1.29, 1.82) is 0 Å². The summed E-state index contributed by atoms with van der Waals surface area (Å²) in [6, 6.07) is 3.00. The molecular weight excluding hydrogens is 484 g/mol. The van der Waals surface area contributed by atoms with E-state index >= 15 is 0 Å². The number of benzene rings is 1. The largest absolute Gasteiger partial charge is 0.507 e. The second-order valence-corrected chi connectivity index (χ2v) is 10.7. The Kier molecular flexibility index (Phi) is 6.36. The average Bonchev–Trinajstić information content (AvgIpc) is 2.80. The molecule has 3 aliphatic carbocycles. The lowest BCUT2D eigenvalue weighted by molar-refractivity contribution is -0.206. The van der Waals surface area contributed by atoms with Crippen molar-refractivity contribution in [1.82, 2.24) is 4.90 Å². The van der Waals surface area contributed by atoms with E-state index in [2.05, 4.69) is 0 Å². The SMILES string of the molecule is CC(C)C(=O)O[C@H]1[C@H]2C(C(=O)c3c(O)cccc3[C@@H]2C)C(=O)[C@]2(O)C(=O)C(C(N)=O)C(=O)[C@@H](N(C)C)[C@H]12. The smallest absolute Gasteiger partial charge is 0.308 e. The van der Waals surface area contributed by atoms with Gasteiger partial charge in [0, 0.05) is 5.92 Å². The number of nitrogens with two attached hydrogens (primary N) is 1. The maximum absolute atomic E-state index is 14.0. The molecule has 2 saturated carbocycles. The van der Waals surface area contributed by atoms with Crippen molar-refractivity contribution in [3.63, 3.8) is 0 Å². The summed E-state index contributed by atoms with van der Waals surface area (Å²) in [5.41, 5.74) is 2.60. The zero-order chi connectivity index (χ0) is 27.7. The number of aromatic hydroxyl groups is 1. The van der Waals surface area contributed by atoms with Crippen LogP contribution in [0.5, 0.6) is 5.75 Å². The molecule has 2 unspecified atom stereocenters. The molecule has 3 aliphatic rings. The van der Waals surface area contributed by atoms with E-state index in [1.54, 1.807) is 26.8 Å². The monoisotopic (exact) mass is 514 g/mol. The van der Waals surface area contributed by atoms with Crippen LogP contribution < -0.4 is 5.73 Å². The number of likely N-dealkylation sites (N-methyl/N-ethyl adjacent to an activating group) is 1. The van der Waals surface area contributed by atoms with Gasteiger partial charge in [-0.2, -0.15) is 0 Å². The summed E-state index contributed by atoms with van der Waals surface area (Å²) < 4.78 is 5.83. The number of carbonyl (C=O) groups is 6. The number of esters is 1. The second kappa shape index (κ2) is 8.84. The van der Waals surface area contributed by atoms with E-state index in [9.17, 15) is 39.0 Å². The molecule has 0 aromatic heterocycles. The van der Waals surface area contributed by atoms with Crippen molar-refractivity contribution in [2.24, 2.45) is 35.3 Å². The summed E-state index contributed by atoms with van der Waals surface area (Å²) in [4.78, 5) is 81.0. The number of rotatable bonds is 4. The fourth-order valence-electron chi connectivity index (χ4n) is 6.34. The van der Waals surface area contributed by atoms with Crippen molar-refractivity contribution in [2.45, 2.75) is 44.4 Å². The summed E-state index contributed by atoms with van der Waals surface area (Å²) in [5.74, 6) is -14.7. The van der Waals surface area contributed by atoms with Gasteiger partial charge in [-0.3, -0.25) is 33.7 Å². The fourth-order valence-corrected chi connectivity index (χ4v) is 6.34. The van der Waals surface area contributed by atoms with Gasteiger partial charge in [0.15, 0.2) is 34.7 Å². The van der Waals surface area contributed by atoms with Crippen LogP contribution in [0.1, 0.15) is 42.6 Å². The first-order valence-corrected chi connectivity index (χ1v) is 12.0. The molecule has 0 bridgehead atoms. The number of aliphatic hydroxyl groups is 1. The lowest BCUT2D eigenvalue weighted by Crippen LogP contribution is -2.78. The number of Topliss-reactive ketones (excluding diaryl/α,β-unsaturated/α-hetero) is 4. The zero-order valence-corrected chi connectivity index (χ0v) is 21.1. The molecule has 198 valence electrons. The maximum atomic E-state index is 14.0. The Morgan fingerprint density at radius 1 is 1.11 bits per heavy atom. The van der Waals surface area contributed by atoms with Gasteiger partial charge in [0.1, 0.15) is 11.9 Å². The number of ether oxygens (including phenoxy) is 1. The van der Waals surface area contributed by atoms with Gasteiger partial charge in [-0.25, -0.2) is 0 Å². The first-order chi connectivity index (χ1) is 17.2. The lowest BCUT2D eigenvalue weighted by atomic mass is 9.49. The number of carbonyl (C=O) groups excluding carboxylic acids is 6. The molecule has 0 heterocycles. The number of hydrogen-bond acceptors (Lipinski definition) is 10. The number of nitrogens with zero attached hydrogens (tertiary/aromatic N) is 1. The highest BCUT2D eigenvalue weighted by Crippen LogP contribution is 2.55. The van der Waals surface area contributed by atoms with Gasteiger partial charge in [0.05, 0.1) is 29.4 Å². The van der Waals surface area contributed by atoms with Crippen LogP contribution in [0.25, 0.3) is 0 Å². The van der Waals surface area contributed by atoms with Crippen molar-refractivity contribution in [3.05, 3.63) is 29.3 Å². The molecule has 1 aromatic carbocycles. The highest BCUT2D eigenvalue weighted by Gasteiger charge is 2.74. The van der Waals surface area contributed by atoms with Crippen molar-refractivity contribution in [2.75, 3.05) is 14.1 Å². The predicted octanol–water partition coefficient (Wildman–Crippen LogP) is -0.394. The van der Waals surface area contributed by atoms with Gasteiger partial charge in [-0.05, 0) is 31.6 Å². The first kappa shape index (κ1) is 26.6. The van der Waals surface area contributed by atoms with E-state index < -0.39 is 88.3 Å². The molecule has 37 heavy (non-hydrogen) atoms. The van der Waals surface area contributed by atoms with Gasteiger partial charge >= 0.3 is 5.97 Å². The van der Waals surface area contributed by atoms with E-state index in [-0.39, 0.29) is 11.3 Å². The molecule has 11 nitrogen and oxygen atoms in total. The molecule has 4 N–H and O–H groups in total. The standard InChI is InChI=1S/C26H30N2O9/c1-9(2)25(35)37-21-13-10(3)11-7-6-8-12(29)14(11)19(30)15(13)22(32)26(36)17(21)18(28(4)5)20(31)16(23(26)33)24(27)34/h6-10,13,15-18,21,29,36H,1-5H3,(H2,27,34)/t10-,13+,15?,16?,17+,18-,21-,26-/m0/s1. The molecule has 2 fully saturated rings.